The highest BCUT2D eigenvalue weighted by Crippen LogP contribution is 2.30. The molecule has 1 saturated heterocycles. The third-order valence-corrected chi connectivity index (χ3v) is 5.43. The zero-order valence-electron chi connectivity index (χ0n) is 16.5. The predicted octanol–water partition coefficient (Wildman–Crippen LogP) is 3.90. The molecule has 0 spiro atoms. The summed E-state index contributed by atoms with van der Waals surface area (Å²) in [7, 11) is 0. The van der Waals surface area contributed by atoms with Gasteiger partial charge in [-0.3, -0.25) is 14.4 Å². The molecule has 6 nitrogen and oxygen atoms in total. The monoisotopic (exact) mass is 392 g/mol. The number of carbonyl (C=O) groups is 3. The molecule has 0 radical (unpaired) electrons. The second kappa shape index (κ2) is 8.07. The fourth-order valence-electron chi connectivity index (χ4n) is 3.92. The van der Waals surface area contributed by atoms with Gasteiger partial charge < -0.3 is 9.64 Å². The number of amides is 3. The summed E-state index contributed by atoms with van der Waals surface area (Å²) in [4.78, 5) is 41.7. The van der Waals surface area contributed by atoms with Gasteiger partial charge in [-0.1, -0.05) is 12.8 Å². The fraction of sp³-hybridized carbons (Fsp3) is 0.348. The molecule has 0 aromatic heterocycles. The van der Waals surface area contributed by atoms with Gasteiger partial charge in [-0.25, -0.2) is 4.90 Å². The van der Waals surface area contributed by atoms with Crippen molar-refractivity contribution in [1.82, 2.24) is 4.90 Å². The van der Waals surface area contributed by atoms with Crippen molar-refractivity contribution in [3.63, 3.8) is 0 Å². The molecule has 0 saturated carbocycles. The largest absolute Gasteiger partial charge is 0.494 e. The van der Waals surface area contributed by atoms with Crippen LogP contribution in [0.15, 0.2) is 42.5 Å². The molecule has 1 fully saturated rings. The molecule has 3 amide bonds. The number of fused-ring (bicyclic) bond motifs is 1. The van der Waals surface area contributed by atoms with E-state index in [-0.39, 0.29) is 17.4 Å². The Morgan fingerprint density at radius 2 is 1.55 bits per heavy atom. The number of likely N-dealkylation sites (tertiary alicyclic amines) is 1. The number of anilines is 1. The highest BCUT2D eigenvalue weighted by molar-refractivity contribution is 6.34. The summed E-state index contributed by atoms with van der Waals surface area (Å²) in [5.41, 5.74) is 1.56. The molecule has 4 rings (SSSR count). The molecule has 2 aliphatic heterocycles. The number of hydrogen-bond acceptors (Lipinski definition) is 4. The molecule has 0 N–H and O–H groups in total. The second-order valence-electron chi connectivity index (χ2n) is 7.34. The number of ether oxygens (including phenoxy) is 1. The molecule has 0 bridgehead atoms. The average Bonchev–Trinajstić information content (AvgIpc) is 2.92. The molecule has 0 atom stereocenters. The highest BCUT2D eigenvalue weighted by Gasteiger charge is 2.37. The standard InChI is InChI=1S/C23H24N2O4/c1-2-29-18-10-8-17(9-11-18)25-22(27)19-12-7-16(15-20(19)23(25)28)21(26)24-13-5-3-4-6-14-24/h7-12,15H,2-6,13-14H2,1H3. The minimum Gasteiger partial charge on any atom is -0.494 e. The summed E-state index contributed by atoms with van der Waals surface area (Å²) < 4.78 is 5.42. The van der Waals surface area contributed by atoms with Gasteiger partial charge in [-0.2, -0.15) is 0 Å². The smallest absolute Gasteiger partial charge is 0.266 e. The highest BCUT2D eigenvalue weighted by atomic mass is 16.5. The first-order valence-corrected chi connectivity index (χ1v) is 10.1. The van der Waals surface area contributed by atoms with Gasteiger partial charge in [0.15, 0.2) is 0 Å². The summed E-state index contributed by atoms with van der Waals surface area (Å²) in [5.74, 6) is -0.171. The molecular formula is C23H24N2O4. The Kier molecular flexibility index (Phi) is 5.34. The van der Waals surface area contributed by atoms with Gasteiger partial charge in [0.2, 0.25) is 0 Å². The average molecular weight is 392 g/mol. The minimum atomic E-state index is -0.403. The van der Waals surface area contributed by atoms with Gasteiger partial charge in [0.25, 0.3) is 17.7 Å². The number of carbonyl (C=O) groups excluding carboxylic acids is 3. The van der Waals surface area contributed by atoms with Gasteiger partial charge in [0.05, 0.1) is 23.4 Å². The van der Waals surface area contributed by atoms with Crippen LogP contribution in [0, 0.1) is 0 Å². The molecule has 150 valence electrons. The zero-order chi connectivity index (χ0) is 20.4. The lowest BCUT2D eigenvalue weighted by Gasteiger charge is -2.20. The van der Waals surface area contributed by atoms with Gasteiger partial charge in [0.1, 0.15) is 5.75 Å². The van der Waals surface area contributed by atoms with Crippen LogP contribution in [0.1, 0.15) is 63.7 Å². The third-order valence-electron chi connectivity index (χ3n) is 5.43. The van der Waals surface area contributed by atoms with Crippen molar-refractivity contribution in [3.05, 3.63) is 59.2 Å². The maximum atomic E-state index is 13.0. The lowest BCUT2D eigenvalue weighted by molar-refractivity contribution is 0.0761. The maximum Gasteiger partial charge on any atom is 0.266 e. The lowest BCUT2D eigenvalue weighted by Crippen LogP contribution is -2.32. The quantitative estimate of drug-likeness (QED) is 0.740. The van der Waals surface area contributed by atoms with E-state index < -0.39 is 5.91 Å². The van der Waals surface area contributed by atoms with Crippen molar-refractivity contribution in [1.29, 1.82) is 0 Å². The molecule has 29 heavy (non-hydrogen) atoms. The van der Waals surface area contributed by atoms with E-state index in [0.717, 1.165) is 43.7 Å². The maximum absolute atomic E-state index is 13.0. The van der Waals surface area contributed by atoms with Crippen molar-refractivity contribution in [2.45, 2.75) is 32.6 Å². The Bertz CT molecular complexity index is 944. The molecule has 6 heteroatoms. The third kappa shape index (κ3) is 3.62. The molecule has 2 heterocycles. The Morgan fingerprint density at radius 3 is 2.21 bits per heavy atom. The van der Waals surface area contributed by atoms with Crippen molar-refractivity contribution in [2.24, 2.45) is 0 Å². The lowest BCUT2D eigenvalue weighted by atomic mass is 10.0. The van der Waals surface area contributed by atoms with Gasteiger partial charge in [-0.05, 0) is 62.2 Å². The molecule has 2 aliphatic rings. The van der Waals surface area contributed by atoms with Gasteiger partial charge >= 0.3 is 0 Å². The molecule has 0 aliphatic carbocycles. The Balaban J connectivity index is 1.59. The van der Waals surface area contributed by atoms with Crippen molar-refractivity contribution in [2.75, 3.05) is 24.6 Å². The molecule has 0 unspecified atom stereocenters. The summed E-state index contributed by atoms with van der Waals surface area (Å²) in [6.07, 6.45) is 4.27. The van der Waals surface area contributed by atoms with Crippen molar-refractivity contribution < 1.29 is 19.1 Å². The summed E-state index contributed by atoms with van der Waals surface area (Å²) in [6.45, 7) is 3.91. The normalized spacial score (nSPS) is 16.6. The van der Waals surface area contributed by atoms with E-state index in [1.807, 2.05) is 11.8 Å². The first-order chi connectivity index (χ1) is 14.1. The van der Waals surface area contributed by atoms with Gasteiger partial charge in [0, 0.05) is 18.7 Å². The predicted molar refractivity (Wildman–Crippen MR) is 110 cm³/mol. The SMILES string of the molecule is CCOc1ccc(N2C(=O)c3ccc(C(=O)N4CCCCCC4)cc3C2=O)cc1. The fourth-order valence-corrected chi connectivity index (χ4v) is 3.92. The van der Waals surface area contributed by atoms with E-state index in [2.05, 4.69) is 0 Å². The van der Waals surface area contributed by atoms with Crippen LogP contribution in [0.4, 0.5) is 5.69 Å². The van der Waals surface area contributed by atoms with E-state index in [1.165, 1.54) is 0 Å². The number of imide groups is 1. The molecule has 2 aromatic carbocycles. The molecule has 2 aromatic rings. The van der Waals surface area contributed by atoms with Crippen LogP contribution < -0.4 is 9.64 Å². The van der Waals surface area contributed by atoms with E-state index in [4.69, 9.17) is 4.74 Å². The number of benzene rings is 2. The summed E-state index contributed by atoms with van der Waals surface area (Å²) in [5, 5.41) is 0. The van der Waals surface area contributed by atoms with Crippen LogP contribution in [0.2, 0.25) is 0 Å². The summed E-state index contributed by atoms with van der Waals surface area (Å²) in [6, 6.07) is 11.7. The number of rotatable bonds is 4. The van der Waals surface area contributed by atoms with Crippen molar-refractivity contribution in [3.8, 4) is 5.75 Å². The van der Waals surface area contributed by atoms with Crippen LogP contribution in [-0.2, 0) is 0 Å². The second-order valence-corrected chi connectivity index (χ2v) is 7.34. The first kappa shape index (κ1) is 19.2. The minimum absolute atomic E-state index is 0.0746. The van der Waals surface area contributed by atoms with Crippen LogP contribution in [0.25, 0.3) is 0 Å². The van der Waals surface area contributed by atoms with E-state index >= 15 is 0 Å². The molecular weight excluding hydrogens is 368 g/mol. The van der Waals surface area contributed by atoms with Crippen LogP contribution >= 0.6 is 0 Å². The van der Waals surface area contributed by atoms with E-state index in [9.17, 15) is 14.4 Å². The topological polar surface area (TPSA) is 66.9 Å². The van der Waals surface area contributed by atoms with Gasteiger partial charge in [-0.15, -0.1) is 0 Å². The van der Waals surface area contributed by atoms with E-state index in [1.54, 1.807) is 42.5 Å². The number of hydrogen-bond donors (Lipinski definition) is 0. The number of nitrogens with zero attached hydrogens (tertiary/aromatic N) is 2. The zero-order valence-corrected chi connectivity index (χ0v) is 16.5. The van der Waals surface area contributed by atoms with E-state index in [0.29, 0.717) is 29.2 Å². The Hall–Kier alpha value is -3.15. The summed E-state index contributed by atoms with van der Waals surface area (Å²) >= 11 is 0. The van der Waals surface area contributed by atoms with Crippen LogP contribution in [-0.4, -0.2) is 42.3 Å². The van der Waals surface area contributed by atoms with Crippen LogP contribution in [0.5, 0.6) is 5.75 Å². The Morgan fingerprint density at radius 1 is 0.897 bits per heavy atom. The Labute approximate surface area is 170 Å². The van der Waals surface area contributed by atoms with Crippen molar-refractivity contribution >= 4 is 23.4 Å². The first-order valence-electron chi connectivity index (χ1n) is 10.1. The van der Waals surface area contributed by atoms with Crippen LogP contribution in [0.3, 0.4) is 0 Å².